The van der Waals surface area contributed by atoms with Crippen molar-refractivity contribution in [2.24, 2.45) is 5.92 Å². The van der Waals surface area contributed by atoms with Gasteiger partial charge in [-0.15, -0.1) is 0 Å². The van der Waals surface area contributed by atoms with Crippen LogP contribution in [0.5, 0.6) is 5.75 Å². The molecule has 3 heterocycles. The highest BCUT2D eigenvalue weighted by atomic mass is 16.5. The average Bonchev–Trinajstić information content (AvgIpc) is 3.03. The lowest BCUT2D eigenvalue weighted by atomic mass is 9.89. The van der Waals surface area contributed by atoms with Crippen LogP contribution in [-0.4, -0.2) is 90.2 Å². The Morgan fingerprint density at radius 1 is 0.795 bits per heavy atom. The second kappa shape index (κ2) is 13.0. The first kappa shape index (κ1) is 27.8. The molecule has 9 heteroatoms. The summed E-state index contributed by atoms with van der Waals surface area (Å²) in [5, 5.41) is 2.23. The van der Waals surface area contributed by atoms with Crippen LogP contribution in [0.15, 0.2) is 18.2 Å². The zero-order chi connectivity index (χ0) is 27.2. The Kier molecular flexibility index (Phi) is 9.29. The molecule has 4 aliphatic rings. The van der Waals surface area contributed by atoms with E-state index < -0.39 is 23.8 Å². The Balaban J connectivity index is 1.11. The van der Waals surface area contributed by atoms with Crippen LogP contribution in [0.4, 0.5) is 0 Å². The third-order valence-electron chi connectivity index (χ3n) is 8.85. The van der Waals surface area contributed by atoms with E-state index in [1.807, 2.05) is 0 Å². The van der Waals surface area contributed by atoms with Gasteiger partial charge in [-0.1, -0.05) is 51.0 Å². The first-order valence-electron chi connectivity index (χ1n) is 14.9. The van der Waals surface area contributed by atoms with E-state index in [1.165, 1.54) is 57.9 Å². The fraction of sp³-hybridized carbons (Fsp3) is 0.667. The number of carbonyl (C=O) groups excluding carboxylic acids is 4. The molecule has 1 unspecified atom stereocenters. The van der Waals surface area contributed by atoms with Gasteiger partial charge < -0.3 is 9.64 Å². The summed E-state index contributed by atoms with van der Waals surface area (Å²) in [6.07, 6.45) is 12.5. The molecule has 1 aliphatic carbocycles. The average molecular weight is 539 g/mol. The third kappa shape index (κ3) is 6.69. The predicted molar refractivity (Wildman–Crippen MR) is 147 cm³/mol. The fourth-order valence-electron chi connectivity index (χ4n) is 6.56. The molecule has 4 amide bonds. The quantitative estimate of drug-likeness (QED) is 0.508. The van der Waals surface area contributed by atoms with E-state index in [9.17, 15) is 19.2 Å². The van der Waals surface area contributed by atoms with Crippen molar-refractivity contribution >= 4 is 23.6 Å². The Morgan fingerprint density at radius 3 is 2.26 bits per heavy atom. The topological polar surface area (TPSA) is 99.3 Å². The monoisotopic (exact) mass is 538 g/mol. The number of rotatable bonds is 8. The highest BCUT2D eigenvalue weighted by Gasteiger charge is 2.46. The lowest BCUT2D eigenvalue weighted by Crippen LogP contribution is -2.54. The minimum absolute atomic E-state index is 0.0982. The third-order valence-corrected chi connectivity index (χ3v) is 8.85. The summed E-state index contributed by atoms with van der Waals surface area (Å²) < 4.78 is 6.06. The molecule has 9 nitrogen and oxygen atoms in total. The number of piperidine rings is 1. The maximum Gasteiger partial charge on any atom is 0.266 e. The molecule has 3 fully saturated rings. The minimum Gasteiger partial charge on any atom is -0.491 e. The summed E-state index contributed by atoms with van der Waals surface area (Å²) in [6.45, 7) is 6.60. The molecule has 1 aromatic carbocycles. The molecular formula is C30H42N4O5. The SMILES string of the molecule is O=C1CCC(N2C(=O)c3cccc(OCCN4CCCN(CCC5CCCCCCC5)CC4)c3C2=O)C(=O)N1. The number of amides is 4. The molecule has 1 N–H and O–H groups in total. The van der Waals surface area contributed by atoms with E-state index in [-0.39, 0.29) is 29.9 Å². The Morgan fingerprint density at radius 2 is 1.51 bits per heavy atom. The molecule has 39 heavy (non-hydrogen) atoms. The van der Waals surface area contributed by atoms with Gasteiger partial charge in [0.1, 0.15) is 18.4 Å². The van der Waals surface area contributed by atoms with Gasteiger partial charge in [0.15, 0.2) is 0 Å². The van der Waals surface area contributed by atoms with E-state index in [4.69, 9.17) is 4.74 Å². The van der Waals surface area contributed by atoms with Crippen LogP contribution in [0.25, 0.3) is 0 Å². The van der Waals surface area contributed by atoms with Gasteiger partial charge in [0.05, 0.1) is 11.1 Å². The zero-order valence-corrected chi connectivity index (χ0v) is 23.0. The van der Waals surface area contributed by atoms with E-state index in [0.717, 1.165) is 50.0 Å². The molecule has 5 rings (SSSR count). The highest BCUT2D eigenvalue weighted by Crippen LogP contribution is 2.33. The van der Waals surface area contributed by atoms with Crippen LogP contribution < -0.4 is 10.1 Å². The Hall–Kier alpha value is -2.78. The molecule has 212 valence electrons. The van der Waals surface area contributed by atoms with Crippen LogP contribution in [0.2, 0.25) is 0 Å². The lowest BCUT2D eigenvalue weighted by Gasteiger charge is -2.27. The van der Waals surface area contributed by atoms with Gasteiger partial charge in [0.2, 0.25) is 11.8 Å². The lowest BCUT2D eigenvalue weighted by molar-refractivity contribution is -0.136. The Bertz CT molecular complexity index is 1070. The summed E-state index contributed by atoms with van der Waals surface area (Å²) in [5.41, 5.74) is 0.459. The highest BCUT2D eigenvalue weighted by molar-refractivity contribution is 6.24. The van der Waals surface area contributed by atoms with Crippen molar-refractivity contribution in [2.45, 2.75) is 76.7 Å². The van der Waals surface area contributed by atoms with E-state index >= 15 is 0 Å². The smallest absolute Gasteiger partial charge is 0.266 e. The molecule has 0 radical (unpaired) electrons. The predicted octanol–water partition coefficient (Wildman–Crippen LogP) is 3.22. The van der Waals surface area contributed by atoms with Crippen molar-refractivity contribution in [2.75, 3.05) is 45.9 Å². The van der Waals surface area contributed by atoms with Crippen molar-refractivity contribution in [3.63, 3.8) is 0 Å². The van der Waals surface area contributed by atoms with Crippen LogP contribution >= 0.6 is 0 Å². The number of fused-ring (bicyclic) bond motifs is 1. The normalized spacial score (nSPS) is 24.2. The van der Waals surface area contributed by atoms with Crippen molar-refractivity contribution in [3.8, 4) is 5.75 Å². The largest absolute Gasteiger partial charge is 0.491 e. The zero-order valence-electron chi connectivity index (χ0n) is 23.0. The number of hydrogen-bond acceptors (Lipinski definition) is 7. The maximum atomic E-state index is 13.3. The molecule has 0 aromatic heterocycles. The summed E-state index contributed by atoms with van der Waals surface area (Å²) in [5.74, 6) is -0.772. The minimum atomic E-state index is -0.977. The summed E-state index contributed by atoms with van der Waals surface area (Å²) >= 11 is 0. The first-order chi connectivity index (χ1) is 19.0. The molecule has 2 saturated heterocycles. The number of imide groups is 2. The van der Waals surface area contributed by atoms with E-state index in [0.29, 0.717) is 12.4 Å². The molecule has 3 aliphatic heterocycles. The van der Waals surface area contributed by atoms with Crippen molar-refractivity contribution in [1.29, 1.82) is 0 Å². The van der Waals surface area contributed by atoms with Crippen molar-refractivity contribution in [1.82, 2.24) is 20.0 Å². The second-order valence-electron chi connectivity index (χ2n) is 11.5. The molecule has 0 spiro atoms. The summed E-state index contributed by atoms with van der Waals surface area (Å²) in [6, 6.07) is 4.02. The number of ether oxygens (including phenoxy) is 1. The van der Waals surface area contributed by atoms with Gasteiger partial charge in [-0.3, -0.25) is 34.3 Å². The molecule has 1 atom stereocenters. The maximum absolute atomic E-state index is 13.3. The first-order valence-corrected chi connectivity index (χ1v) is 14.9. The molecule has 0 bridgehead atoms. The van der Waals surface area contributed by atoms with Crippen LogP contribution in [0.1, 0.15) is 91.3 Å². The van der Waals surface area contributed by atoms with Crippen molar-refractivity contribution in [3.05, 3.63) is 29.3 Å². The number of nitrogens with one attached hydrogen (secondary N) is 1. The summed E-state index contributed by atoms with van der Waals surface area (Å²) in [7, 11) is 0. The van der Waals surface area contributed by atoms with Crippen LogP contribution in [0, 0.1) is 5.92 Å². The van der Waals surface area contributed by atoms with Gasteiger partial charge in [-0.2, -0.15) is 0 Å². The fourth-order valence-corrected chi connectivity index (χ4v) is 6.56. The van der Waals surface area contributed by atoms with E-state index in [2.05, 4.69) is 15.1 Å². The second-order valence-corrected chi connectivity index (χ2v) is 11.5. The van der Waals surface area contributed by atoms with Crippen molar-refractivity contribution < 1.29 is 23.9 Å². The van der Waals surface area contributed by atoms with Gasteiger partial charge >= 0.3 is 0 Å². The summed E-state index contributed by atoms with van der Waals surface area (Å²) in [4.78, 5) is 56.2. The van der Waals surface area contributed by atoms with E-state index in [1.54, 1.807) is 18.2 Å². The van der Waals surface area contributed by atoms with Gasteiger partial charge in [0.25, 0.3) is 11.8 Å². The molecular weight excluding hydrogens is 496 g/mol. The Labute approximate surface area is 231 Å². The van der Waals surface area contributed by atoms with Gasteiger partial charge in [-0.25, -0.2) is 0 Å². The van der Waals surface area contributed by atoms with Gasteiger partial charge in [-0.05, 0) is 56.9 Å². The van der Waals surface area contributed by atoms with Gasteiger partial charge in [0, 0.05) is 26.1 Å². The number of hydrogen-bond donors (Lipinski definition) is 1. The molecule has 1 aromatic rings. The molecule has 1 saturated carbocycles. The number of benzene rings is 1. The number of nitrogens with zero attached hydrogens (tertiary/aromatic N) is 3. The number of carbonyl (C=O) groups is 4. The standard InChI is InChI=1S/C30H42N4O5/c35-26-13-12-24(28(36)31-26)34-29(37)23-10-6-11-25(27(23)30(34)38)39-21-20-33-16-7-15-32(18-19-33)17-14-22-8-4-2-1-3-5-9-22/h6,10-11,22,24H,1-5,7-9,12-21H2,(H,31,35,36). The van der Waals surface area contributed by atoms with Crippen LogP contribution in [-0.2, 0) is 9.59 Å². The van der Waals surface area contributed by atoms with Crippen LogP contribution in [0.3, 0.4) is 0 Å².